The van der Waals surface area contributed by atoms with E-state index in [1.165, 1.54) is 30.6 Å². The van der Waals surface area contributed by atoms with Crippen LogP contribution in [-0.2, 0) is 12.7 Å². The van der Waals surface area contributed by atoms with Gasteiger partial charge in [0.25, 0.3) is 5.91 Å². The Morgan fingerprint density at radius 2 is 1.86 bits per heavy atom. The summed E-state index contributed by atoms with van der Waals surface area (Å²) in [6.45, 7) is 0. The first-order chi connectivity index (χ1) is 10.6. The Balaban J connectivity index is 0.000000745. The molecule has 1 heterocycles. The van der Waals surface area contributed by atoms with Crippen LogP contribution in [0.15, 0.2) is 47.8 Å². The second-order valence-electron chi connectivity index (χ2n) is 3.70. The van der Waals surface area contributed by atoms with E-state index in [-0.39, 0.29) is 17.1 Å². The zero-order valence-electron chi connectivity index (χ0n) is 10.9. The second kappa shape index (κ2) is 10.0. The van der Waals surface area contributed by atoms with E-state index in [4.69, 9.17) is 20.4 Å². The van der Waals surface area contributed by atoms with Crippen molar-refractivity contribution in [2.24, 2.45) is 5.10 Å². The number of carbonyl (C=O) groups excluding carboxylic acids is 1. The van der Waals surface area contributed by atoms with E-state index in [9.17, 15) is 15.0 Å². The molecule has 0 saturated carbocycles. The van der Waals surface area contributed by atoms with Crippen LogP contribution in [0.4, 0.5) is 0 Å². The molecule has 0 fully saturated rings. The van der Waals surface area contributed by atoms with E-state index in [1.54, 1.807) is 18.3 Å². The predicted molar refractivity (Wildman–Crippen MR) is 80.8 cm³/mol. The molecule has 0 aliphatic rings. The van der Waals surface area contributed by atoms with Crippen molar-refractivity contribution in [3.8, 4) is 11.5 Å². The van der Waals surface area contributed by atoms with Crippen LogP contribution < -0.4 is 5.43 Å². The molecule has 2 aromatic rings. The van der Waals surface area contributed by atoms with Gasteiger partial charge in [0.1, 0.15) is 11.5 Å². The van der Waals surface area contributed by atoms with Crippen LogP contribution in [0.3, 0.4) is 0 Å². The van der Waals surface area contributed by atoms with Crippen molar-refractivity contribution in [1.82, 2.24) is 10.4 Å². The number of nitrogens with one attached hydrogen (secondary N) is 1. The maximum atomic E-state index is 11.6. The first-order valence-corrected chi connectivity index (χ1v) is 8.38. The zero-order chi connectivity index (χ0) is 16.4. The van der Waals surface area contributed by atoms with Crippen LogP contribution >= 0.6 is 20.4 Å². The molecular formula is C13H11Cl2N3NiO3. The van der Waals surface area contributed by atoms with E-state index >= 15 is 0 Å². The average Bonchev–Trinajstić information content (AvgIpc) is 2.52. The van der Waals surface area contributed by atoms with Gasteiger partial charge in [-0.3, -0.25) is 9.78 Å². The summed E-state index contributed by atoms with van der Waals surface area (Å²) in [6.07, 6.45) is 4.13. The Kier molecular flexibility index (Phi) is 8.29. The Morgan fingerprint density at radius 3 is 2.41 bits per heavy atom. The second-order valence-corrected chi connectivity index (χ2v) is 5.33. The molecule has 0 saturated heterocycles. The maximum absolute atomic E-state index is 11.6. The van der Waals surface area contributed by atoms with Crippen LogP contribution in [0.25, 0.3) is 0 Å². The first-order valence-electron chi connectivity index (χ1n) is 5.67. The van der Waals surface area contributed by atoms with Crippen LogP contribution in [-0.4, -0.2) is 27.3 Å². The minimum atomic E-state index is -0.431. The topological polar surface area (TPSA) is 94.8 Å². The summed E-state index contributed by atoms with van der Waals surface area (Å²) in [5.74, 6) is -0.682. The molecule has 1 aromatic carbocycles. The SMILES string of the molecule is O=C(N/N=C/c1c(O)cccc1O)c1cccnc1.[Cl][Ni][Cl]. The Labute approximate surface area is 141 Å². The molecule has 0 aliphatic heterocycles. The summed E-state index contributed by atoms with van der Waals surface area (Å²) in [5, 5.41) is 22.7. The third-order valence-electron chi connectivity index (χ3n) is 2.34. The summed E-state index contributed by atoms with van der Waals surface area (Å²) in [4.78, 5) is 15.4. The third kappa shape index (κ3) is 5.89. The van der Waals surface area contributed by atoms with Gasteiger partial charge in [0.05, 0.1) is 17.3 Å². The molecule has 0 atom stereocenters. The molecule has 0 radical (unpaired) electrons. The summed E-state index contributed by atoms with van der Waals surface area (Å²) in [5.41, 5.74) is 2.77. The van der Waals surface area contributed by atoms with E-state index in [0.29, 0.717) is 18.2 Å². The number of amides is 1. The summed E-state index contributed by atoms with van der Waals surface area (Å²) in [6, 6.07) is 7.53. The summed E-state index contributed by atoms with van der Waals surface area (Å²) in [7, 11) is 9.40. The molecule has 0 aliphatic carbocycles. The van der Waals surface area contributed by atoms with E-state index in [0.717, 1.165) is 0 Å². The number of aromatic nitrogens is 1. The van der Waals surface area contributed by atoms with Gasteiger partial charge in [0.15, 0.2) is 0 Å². The molecule has 2 rings (SSSR count). The number of benzene rings is 1. The van der Waals surface area contributed by atoms with Crippen molar-refractivity contribution in [2.75, 3.05) is 0 Å². The molecule has 0 unspecified atom stereocenters. The summed E-state index contributed by atoms with van der Waals surface area (Å²) >= 11 is 0.569. The number of hydrogen-bond donors (Lipinski definition) is 3. The molecule has 22 heavy (non-hydrogen) atoms. The number of phenols is 2. The minimum absolute atomic E-state index is 0.126. The van der Waals surface area contributed by atoms with Gasteiger partial charge < -0.3 is 10.2 Å². The fourth-order valence-electron chi connectivity index (χ4n) is 1.39. The number of phenolic OH excluding ortho intramolecular Hbond substituents is 2. The summed E-state index contributed by atoms with van der Waals surface area (Å²) < 4.78 is 0. The monoisotopic (exact) mass is 385 g/mol. The van der Waals surface area contributed by atoms with Gasteiger partial charge in [-0.1, -0.05) is 6.07 Å². The van der Waals surface area contributed by atoms with Crippen molar-refractivity contribution in [1.29, 1.82) is 0 Å². The Hall–Kier alpha value is -1.82. The normalized spacial score (nSPS) is 10.1. The molecule has 0 spiro atoms. The standard InChI is InChI=1S/C13H11N3O3.2ClH.Ni/c17-11-4-1-5-12(18)10(11)8-15-16-13(19)9-3-2-6-14-7-9;;;/h1-8,17-18H,(H,16,19);2*1H;/q;;;+2/p-2/b15-8+;;;. The van der Waals surface area contributed by atoms with Gasteiger partial charge in [0, 0.05) is 12.4 Å². The first kappa shape index (κ1) is 18.2. The molecule has 9 heteroatoms. The van der Waals surface area contributed by atoms with Crippen molar-refractivity contribution >= 4 is 32.5 Å². The molecule has 1 amide bonds. The number of aromatic hydroxyl groups is 2. The fourth-order valence-corrected chi connectivity index (χ4v) is 1.39. The van der Waals surface area contributed by atoms with Crippen LogP contribution in [0.1, 0.15) is 15.9 Å². The number of carbonyl (C=O) groups is 1. The Morgan fingerprint density at radius 1 is 1.23 bits per heavy atom. The number of hydrogen-bond acceptors (Lipinski definition) is 5. The van der Waals surface area contributed by atoms with E-state index < -0.39 is 5.91 Å². The molecule has 3 N–H and O–H groups in total. The van der Waals surface area contributed by atoms with Crippen molar-refractivity contribution in [3.05, 3.63) is 53.9 Å². The number of nitrogens with zero attached hydrogens (tertiary/aromatic N) is 2. The molecule has 120 valence electrons. The fraction of sp³-hybridized carbons (Fsp3) is 0. The van der Waals surface area contributed by atoms with Crippen LogP contribution in [0, 0.1) is 0 Å². The molecule has 1 aromatic heterocycles. The van der Waals surface area contributed by atoms with E-state index in [2.05, 4.69) is 15.5 Å². The molecule has 0 bridgehead atoms. The quantitative estimate of drug-likeness (QED) is 0.429. The predicted octanol–water partition coefficient (Wildman–Crippen LogP) is 2.63. The molecule has 6 nitrogen and oxygen atoms in total. The van der Waals surface area contributed by atoms with E-state index in [1.807, 2.05) is 0 Å². The number of rotatable bonds is 3. The van der Waals surface area contributed by atoms with Gasteiger partial charge in [-0.05, 0) is 24.3 Å². The van der Waals surface area contributed by atoms with Gasteiger partial charge >= 0.3 is 33.0 Å². The van der Waals surface area contributed by atoms with Gasteiger partial charge in [-0.25, -0.2) is 5.43 Å². The van der Waals surface area contributed by atoms with Crippen LogP contribution in [0.5, 0.6) is 11.5 Å². The van der Waals surface area contributed by atoms with Crippen molar-refractivity contribution < 1.29 is 27.7 Å². The van der Waals surface area contributed by atoms with Crippen molar-refractivity contribution in [2.45, 2.75) is 0 Å². The zero-order valence-corrected chi connectivity index (χ0v) is 13.4. The number of pyridine rings is 1. The Bertz CT molecular complexity index is 621. The number of hydrazone groups is 1. The van der Waals surface area contributed by atoms with Gasteiger partial charge in [0.2, 0.25) is 0 Å². The van der Waals surface area contributed by atoms with Crippen LogP contribution in [0.2, 0.25) is 0 Å². The number of halogens is 2. The average molecular weight is 387 g/mol. The van der Waals surface area contributed by atoms with Gasteiger partial charge in [-0.2, -0.15) is 5.10 Å². The molecular weight excluding hydrogens is 376 g/mol. The van der Waals surface area contributed by atoms with Crippen molar-refractivity contribution in [3.63, 3.8) is 0 Å². The third-order valence-corrected chi connectivity index (χ3v) is 2.34. The van der Waals surface area contributed by atoms with Gasteiger partial charge in [-0.15, -0.1) is 0 Å².